The Labute approximate surface area is 121 Å². The van der Waals surface area contributed by atoms with Crippen LogP contribution in [0.25, 0.3) is 0 Å². The van der Waals surface area contributed by atoms with Crippen molar-refractivity contribution in [2.24, 2.45) is 0 Å². The molecule has 0 saturated heterocycles. The van der Waals surface area contributed by atoms with Crippen molar-refractivity contribution in [2.45, 2.75) is 32.6 Å². The number of nitrogens with zero attached hydrogens (tertiary/aromatic N) is 1. The van der Waals surface area contributed by atoms with E-state index in [1.165, 1.54) is 11.1 Å². The number of nitrogens with one attached hydrogen (secondary N) is 1. The molecule has 0 unspecified atom stereocenters. The smallest absolute Gasteiger partial charge is 0.240 e. The maximum absolute atomic E-state index is 12.0. The number of hydrogen-bond acceptors (Lipinski definition) is 2. The molecular formula is C15H23ClN2O. The summed E-state index contributed by atoms with van der Waals surface area (Å²) in [6.07, 6.45) is 0.967. The summed E-state index contributed by atoms with van der Waals surface area (Å²) in [5.74, 6) is 0.153. The average molecular weight is 283 g/mol. The molecule has 1 heterocycles. The highest BCUT2D eigenvalue weighted by Crippen LogP contribution is 2.32. The molecule has 0 aliphatic carbocycles. The van der Waals surface area contributed by atoms with Gasteiger partial charge in [0.2, 0.25) is 5.91 Å². The lowest BCUT2D eigenvalue weighted by atomic mass is 9.86. The topological polar surface area (TPSA) is 32.3 Å². The molecule has 0 saturated carbocycles. The van der Waals surface area contributed by atoms with E-state index < -0.39 is 0 Å². The Morgan fingerprint density at radius 2 is 2.05 bits per heavy atom. The predicted octanol–water partition coefficient (Wildman–Crippen LogP) is 2.51. The minimum Gasteiger partial charge on any atom is -0.311 e. The SMILES string of the molecule is CNCC(=O)N1CCc2cc(C(C)(C)C)ccc21.Cl. The maximum Gasteiger partial charge on any atom is 0.240 e. The molecule has 0 atom stereocenters. The van der Waals surface area contributed by atoms with Crippen LogP contribution in [0.4, 0.5) is 5.69 Å². The molecule has 0 aromatic heterocycles. The Morgan fingerprint density at radius 3 is 2.63 bits per heavy atom. The van der Waals surface area contributed by atoms with Crippen LogP contribution in [-0.4, -0.2) is 26.0 Å². The zero-order valence-electron chi connectivity index (χ0n) is 12.1. The molecule has 106 valence electrons. The monoisotopic (exact) mass is 282 g/mol. The highest BCUT2D eigenvalue weighted by atomic mass is 35.5. The third-order valence-electron chi connectivity index (χ3n) is 3.47. The first-order valence-electron chi connectivity index (χ1n) is 6.52. The van der Waals surface area contributed by atoms with E-state index in [4.69, 9.17) is 0 Å². The van der Waals surface area contributed by atoms with Gasteiger partial charge in [-0.15, -0.1) is 12.4 Å². The van der Waals surface area contributed by atoms with Gasteiger partial charge in [0.25, 0.3) is 0 Å². The maximum atomic E-state index is 12.0. The van der Waals surface area contributed by atoms with Gasteiger partial charge >= 0.3 is 0 Å². The molecule has 0 spiro atoms. The fourth-order valence-corrected chi connectivity index (χ4v) is 2.37. The van der Waals surface area contributed by atoms with E-state index in [0.29, 0.717) is 6.54 Å². The highest BCUT2D eigenvalue weighted by Gasteiger charge is 2.25. The van der Waals surface area contributed by atoms with Crippen LogP contribution in [0.1, 0.15) is 31.9 Å². The van der Waals surface area contributed by atoms with Crippen molar-refractivity contribution >= 4 is 24.0 Å². The van der Waals surface area contributed by atoms with Crippen LogP contribution in [0.15, 0.2) is 18.2 Å². The Bertz CT molecular complexity index is 466. The molecular weight excluding hydrogens is 260 g/mol. The zero-order chi connectivity index (χ0) is 13.3. The standard InChI is InChI=1S/C15H22N2O.ClH/c1-15(2,3)12-5-6-13-11(9-12)7-8-17(13)14(18)10-16-4;/h5-6,9,16H,7-8,10H2,1-4H3;1H. The largest absolute Gasteiger partial charge is 0.311 e. The Kier molecular flexibility index (Phi) is 4.99. The first-order valence-corrected chi connectivity index (χ1v) is 6.52. The molecule has 0 radical (unpaired) electrons. The molecule has 1 aliphatic heterocycles. The van der Waals surface area contributed by atoms with Gasteiger partial charge in [0.05, 0.1) is 6.54 Å². The molecule has 0 bridgehead atoms. The van der Waals surface area contributed by atoms with Crippen molar-refractivity contribution < 1.29 is 4.79 Å². The summed E-state index contributed by atoms with van der Waals surface area (Å²) in [6.45, 7) is 7.86. The van der Waals surface area contributed by atoms with E-state index in [-0.39, 0.29) is 23.7 Å². The van der Waals surface area contributed by atoms with Crippen LogP contribution in [0.3, 0.4) is 0 Å². The van der Waals surface area contributed by atoms with Crippen LogP contribution >= 0.6 is 12.4 Å². The first kappa shape index (κ1) is 16.0. The summed E-state index contributed by atoms with van der Waals surface area (Å²) in [5, 5.41) is 2.92. The Balaban J connectivity index is 0.00000180. The van der Waals surface area contributed by atoms with Crippen LogP contribution in [0.5, 0.6) is 0 Å². The predicted molar refractivity (Wildman–Crippen MR) is 82.4 cm³/mol. The molecule has 1 aromatic carbocycles. The number of carbonyl (C=O) groups excluding carboxylic acids is 1. The van der Waals surface area contributed by atoms with Gasteiger partial charge in [-0.1, -0.05) is 32.9 Å². The van der Waals surface area contributed by atoms with Crippen LogP contribution in [0.2, 0.25) is 0 Å². The fraction of sp³-hybridized carbons (Fsp3) is 0.533. The molecule has 0 fully saturated rings. The lowest BCUT2D eigenvalue weighted by molar-refractivity contribution is -0.117. The fourth-order valence-electron chi connectivity index (χ4n) is 2.37. The van der Waals surface area contributed by atoms with Gasteiger partial charge in [-0.2, -0.15) is 0 Å². The Morgan fingerprint density at radius 1 is 1.37 bits per heavy atom. The summed E-state index contributed by atoms with van der Waals surface area (Å²) in [4.78, 5) is 13.8. The number of amides is 1. The molecule has 2 rings (SSSR count). The van der Waals surface area contributed by atoms with E-state index in [9.17, 15) is 4.79 Å². The van der Waals surface area contributed by atoms with E-state index in [2.05, 4.69) is 44.3 Å². The molecule has 3 nitrogen and oxygen atoms in total. The average Bonchev–Trinajstić information content (AvgIpc) is 2.70. The van der Waals surface area contributed by atoms with Crippen molar-refractivity contribution in [1.29, 1.82) is 0 Å². The van der Waals surface area contributed by atoms with Gasteiger partial charge in [0.1, 0.15) is 0 Å². The van der Waals surface area contributed by atoms with Gasteiger partial charge in [0.15, 0.2) is 0 Å². The first-order chi connectivity index (χ1) is 8.43. The molecule has 4 heteroatoms. The molecule has 1 amide bonds. The second kappa shape index (κ2) is 5.93. The van der Waals surface area contributed by atoms with Crippen LogP contribution in [-0.2, 0) is 16.6 Å². The van der Waals surface area contributed by atoms with Gasteiger partial charge in [0, 0.05) is 12.2 Å². The number of carbonyl (C=O) groups is 1. The highest BCUT2D eigenvalue weighted by molar-refractivity contribution is 5.96. The number of benzene rings is 1. The summed E-state index contributed by atoms with van der Waals surface area (Å²) in [7, 11) is 1.80. The number of halogens is 1. The van der Waals surface area contributed by atoms with Crippen LogP contribution in [0, 0.1) is 0 Å². The number of likely N-dealkylation sites (N-methyl/N-ethyl adjacent to an activating group) is 1. The molecule has 19 heavy (non-hydrogen) atoms. The summed E-state index contributed by atoms with van der Waals surface area (Å²) in [6, 6.07) is 6.49. The molecule has 1 aromatic rings. The van der Waals surface area contributed by atoms with Crippen molar-refractivity contribution in [3.63, 3.8) is 0 Å². The number of fused-ring (bicyclic) bond motifs is 1. The van der Waals surface area contributed by atoms with Crippen molar-refractivity contribution in [2.75, 3.05) is 25.0 Å². The lowest BCUT2D eigenvalue weighted by Gasteiger charge is -2.21. The summed E-state index contributed by atoms with van der Waals surface area (Å²) >= 11 is 0. The number of rotatable bonds is 2. The Hall–Kier alpha value is -1.06. The van der Waals surface area contributed by atoms with Crippen molar-refractivity contribution in [3.05, 3.63) is 29.3 Å². The van der Waals surface area contributed by atoms with Gasteiger partial charge in [-0.05, 0) is 36.1 Å². The third kappa shape index (κ3) is 3.28. The minimum absolute atomic E-state index is 0. The zero-order valence-corrected chi connectivity index (χ0v) is 12.9. The number of hydrogen-bond donors (Lipinski definition) is 1. The van der Waals surface area contributed by atoms with Gasteiger partial charge in [-0.25, -0.2) is 0 Å². The quantitative estimate of drug-likeness (QED) is 0.904. The van der Waals surface area contributed by atoms with Gasteiger partial charge < -0.3 is 10.2 Å². The minimum atomic E-state index is 0. The molecule has 1 N–H and O–H groups in total. The van der Waals surface area contributed by atoms with Crippen molar-refractivity contribution in [3.8, 4) is 0 Å². The van der Waals surface area contributed by atoms with E-state index >= 15 is 0 Å². The van der Waals surface area contributed by atoms with Crippen molar-refractivity contribution in [1.82, 2.24) is 5.32 Å². The van der Waals surface area contributed by atoms with Gasteiger partial charge in [-0.3, -0.25) is 4.79 Å². The number of anilines is 1. The molecule has 1 aliphatic rings. The summed E-state index contributed by atoms with van der Waals surface area (Å²) in [5.41, 5.74) is 3.89. The summed E-state index contributed by atoms with van der Waals surface area (Å²) < 4.78 is 0. The third-order valence-corrected chi connectivity index (χ3v) is 3.47. The second-order valence-corrected chi connectivity index (χ2v) is 5.92. The lowest BCUT2D eigenvalue weighted by Crippen LogP contribution is -2.35. The van der Waals surface area contributed by atoms with E-state index in [1.54, 1.807) is 7.05 Å². The van der Waals surface area contributed by atoms with Crippen LogP contribution < -0.4 is 10.2 Å². The normalized spacial score (nSPS) is 14.0. The van der Waals surface area contributed by atoms with E-state index in [1.807, 2.05) is 4.90 Å². The van der Waals surface area contributed by atoms with E-state index in [0.717, 1.165) is 18.7 Å². The second-order valence-electron chi connectivity index (χ2n) is 5.92.